The van der Waals surface area contributed by atoms with E-state index in [-0.39, 0.29) is 5.91 Å². The zero-order valence-corrected chi connectivity index (χ0v) is 10.8. The second-order valence-corrected chi connectivity index (χ2v) is 4.95. The van der Waals surface area contributed by atoms with E-state index in [1.165, 1.54) is 0 Å². The topological polar surface area (TPSA) is 57.8 Å². The van der Waals surface area contributed by atoms with Crippen LogP contribution in [0, 0.1) is 0 Å². The molecule has 0 saturated carbocycles. The van der Waals surface area contributed by atoms with Crippen molar-refractivity contribution in [2.45, 2.75) is 6.42 Å². The lowest BCUT2D eigenvalue weighted by Crippen LogP contribution is -2.31. The molecular formula is C16H13N3O. The van der Waals surface area contributed by atoms with Gasteiger partial charge in [0.1, 0.15) is 5.69 Å². The molecule has 0 spiro atoms. The number of fused-ring (bicyclic) bond motifs is 3. The summed E-state index contributed by atoms with van der Waals surface area (Å²) >= 11 is 0. The molecule has 4 rings (SSSR count). The molecule has 0 radical (unpaired) electrons. The number of nitrogens with zero attached hydrogens (tertiary/aromatic N) is 1. The summed E-state index contributed by atoms with van der Waals surface area (Å²) in [5.41, 5.74) is 5.06. The first-order valence-corrected chi connectivity index (χ1v) is 6.67. The molecule has 0 bridgehead atoms. The van der Waals surface area contributed by atoms with E-state index in [0.717, 1.165) is 34.0 Å². The van der Waals surface area contributed by atoms with Crippen LogP contribution in [-0.4, -0.2) is 22.4 Å². The number of hydrogen-bond donors (Lipinski definition) is 2. The lowest BCUT2D eigenvalue weighted by atomic mass is 10.00. The second-order valence-electron chi connectivity index (χ2n) is 4.95. The Morgan fingerprint density at radius 3 is 2.80 bits per heavy atom. The number of aromatic amines is 1. The van der Waals surface area contributed by atoms with Crippen LogP contribution in [0.4, 0.5) is 0 Å². The van der Waals surface area contributed by atoms with Gasteiger partial charge < -0.3 is 10.3 Å². The fraction of sp³-hybridized carbons (Fsp3) is 0.125. The van der Waals surface area contributed by atoms with Crippen LogP contribution in [-0.2, 0) is 6.42 Å². The standard InChI is InChI=1S/C16H13N3O/c20-16-15-13(6-9-18-16)12-3-1-2-11(14(12)19-15)10-4-7-17-8-5-10/h1-5,7-8,19H,6,9H2,(H,18,20). The smallest absolute Gasteiger partial charge is 0.268 e. The minimum Gasteiger partial charge on any atom is -0.350 e. The number of pyridine rings is 1. The fourth-order valence-electron chi connectivity index (χ4n) is 2.89. The van der Waals surface area contributed by atoms with Crippen molar-refractivity contribution in [3.63, 3.8) is 0 Å². The second kappa shape index (κ2) is 4.20. The number of carbonyl (C=O) groups is 1. The Morgan fingerprint density at radius 1 is 1.10 bits per heavy atom. The summed E-state index contributed by atoms with van der Waals surface area (Å²) < 4.78 is 0. The van der Waals surface area contributed by atoms with E-state index in [9.17, 15) is 4.79 Å². The highest BCUT2D eigenvalue weighted by atomic mass is 16.1. The van der Waals surface area contributed by atoms with Gasteiger partial charge in [0.25, 0.3) is 5.91 Å². The molecule has 0 atom stereocenters. The number of hydrogen-bond acceptors (Lipinski definition) is 2. The molecule has 0 aliphatic carbocycles. The fourth-order valence-corrected chi connectivity index (χ4v) is 2.89. The molecule has 3 aromatic rings. The van der Waals surface area contributed by atoms with Crippen molar-refractivity contribution in [1.29, 1.82) is 0 Å². The van der Waals surface area contributed by atoms with Crippen molar-refractivity contribution in [2.75, 3.05) is 6.54 Å². The predicted octanol–water partition coefficient (Wildman–Crippen LogP) is 2.52. The molecule has 3 heterocycles. The van der Waals surface area contributed by atoms with Crippen LogP contribution in [0.5, 0.6) is 0 Å². The molecule has 0 saturated heterocycles. The molecule has 98 valence electrons. The number of aromatic nitrogens is 2. The maximum Gasteiger partial charge on any atom is 0.268 e. The number of carbonyl (C=O) groups excluding carboxylic acids is 1. The molecule has 1 aliphatic rings. The molecule has 20 heavy (non-hydrogen) atoms. The van der Waals surface area contributed by atoms with Gasteiger partial charge in [-0.3, -0.25) is 9.78 Å². The first-order chi connectivity index (χ1) is 9.84. The summed E-state index contributed by atoms with van der Waals surface area (Å²) in [7, 11) is 0. The Kier molecular flexibility index (Phi) is 2.36. The van der Waals surface area contributed by atoms with Gasteiger partial charge in [-0.2, -0.15) is 0 Å². The van der Waals surface area contributed by atoms with E-state index in [2.05, 4.69) is 27.4 Å². The van der Waals surface area contributed by atoms with Crippen molar-refractivity contribution < 1.29 is 4.79 Å². The molecule has 1 amide bonds. The van der Waals surface area contributed by atoms with Gasteiger partial charge in [0.15, 0.2) is 0 Å². The van der Waals surface area contributed by atoms with Crippen molar-refractivity contribution in [3.8, 4) is 11.1 Å². The Hall–Kier alpha value is -2.62. The molecule has 0 fully saturated rings. The van der Waals surface area contributed by atoms with Crippen molar-refractivity contribution in [1.82, 2.24) is 15.3 Å². The molecule has 4 heteroatoms. The van der Waals surface area contributed by atoms with Gasteiger partial charge in [0.05, 0.1) is 5.52 Å². The Balaban J connectivity index is 2.03. The van der Waals surface area contributed by atoms with Crippen LogP contribution in [0.25, 0.3) is 22.0 Å². The maximum atomic E-state index is 12.0. The SMILES string of the molecule is O=C1NCCc2c1[nH]c1c(-c3ccncc3)cccc21. The summed E-state index contributed by atoms with van der Waals surface area (Å²) in [6, 6.07) is 10.1. The highest BCUT2D eigenvalue weighted by Crippen LogP contribution is 2.32. The maximum absolute atomic E-state index is 12.0. The summed E-state index contributed by atoms with van der Waals surface area (Å²) in [5, 5.41) is 4.02. The van der Waals surface area contributed by atoms with Gasteiger partial charge in [-0.25, -0.2) is 0 Å². The van der Waals surface area contributed by atoms with Crippen molar-refractivity contribution in [2.24, 2.45) is 0 Å². The van der Waals surface area contributed by atoms with Crippen LogP contribution < -0.4 is 5.32 Å². The third-order valence-electron chi connectivity index (χ3n) is 3.82. The van der Waals surface area contributed by atoms with E-state index in [0.29, 0.717) is 12.2 Å². The van der Waals surface area contributed by atoms with E-state index in [1.807, 2.05) is 18.2 Å². The molecule has 1 aromatic carbocycles. The van der Waals surface area contributed by atoms with E-state index >= 15 is 0 Å². The average molecular weight is 263 g/mol. The lowest BCUT2D eigenvalue weighted by molar-refractivity contribution is 0.0942. The predicted molar refractivity (Wildman–Crippen MR) is 77.6 cm³/mol. The van der Waals surface area contributed by atoms with E-state index in [1.54, 1.807) is 12.4 Å². The van der Waals surface area contributed by atoms with Crippen LogP contribution in [0.1, 0.15) is 16.1 Å². The zero-order chi connectivity index (χ0) is 13.5. The molecule has 2 aromatic heterocycles. The lowest BCUT2D eigenvalue weighted by Gasteiger charge is -2.11. The summed E-state index contributed by atoms with van der Waals surface area (Å²) in [6.45, 7) is 0.707. The first kappa shape index (κ1) is 11.2. The minimum absolute atomic E-state index is 0.0110. The number of nitrogens with one attached hydrogen (secondary N) is 2. The molecule has 1 aliphatic heterocycles. The highest BCUT2D eigenvalue weighted by Gasteiger charge is 2.22. The Bertz CT molecular complexity index is 805. The summed E-state index contributed by atoms with van der Waals surface area (Å²) in [5.74, 6) is -0.0110. The van der Waals surface area contributed by atoms with Gasteiger partial charge in [-0.1, -0.05) is 18.2 Å². The van der Waals surface area contributed by atoms with Gasteiger partial charge in [0, 0.05) is 29.9 Å². The number of rotatable bonds is 1. The monoisotopic (exact) mass is 263 g/mol. The van der Waals surface area contributed by atoms with Crippen molar-refractivity contribution in [3.05, 3.63) is 54.0 Å². The highest BCUT2D eigenvalue weighted by molar-refractivity contribution is 6.05. The first-order valence-electron chi connectivity index (χ1n) is 6.67. The van der Waals surface area contributed by atoms with Gasteiger partial charge in [0.2, 0.25) is 0 Å². The minimum atomic E-state index is -0.0110. The summed E-state index contributed by atoms with van der Waals surface area (Å²) in [6.07, 6.45) is 4.44. The van der Waals surface area contributed by atoms with Crippen LogP contribution in [0.2, 0.25) is 0 Å². The largest absolute Gasteiger partial charge is 0.350 e. The molecular weight excluding hydrogens is 250 g/mol. The third kappa shape index (κ3) is 1.54. The molecule has 4 nitrogen and oxygen atoms in total. The van der Waals surface area contributed by atoms with Crippen LogP contribution >= 0.6 is 0 Å². The Labute approximate surface area is 115 Å². The summed E-state index contributed by atoms with van der Waals surface area (Å²) in [4.78, 5) is 19.3. The normalized spacial score (nSPS) is 14.1. The van der Waals surface area contributed by atoms with Gasteiger partial charge in [-0.15, -0.1) is 0 Å². The Morgan fingerprint density at radius 2 is 1.95 bits per heavy atom. The quantitative estimate of drug-likeness (QED) is 0.708. The van der Waals surface area contributed by atoms with Gasteiger partial charge in [-0.05, 0) is 29.7 Å². The zero-order valence-electron chi connectivity index (χ0n) is 10.8. The van der Waals surface area contributed by atoms with Crippen molar-refractivity contribution >= 4 is 16.8 Å². The third-order valence-corrected chi connectivity index (χ3v) is 3.82. The number of para-hydroxylation sites is 1. The molecule has 2 N–H and O–H groups in total. The number of amides is 1. The van der Waals surface area contributed by atoms with Crippen LogP contribution in [0.15, 0.2) is 42.7 Å². The van der Waals surface area contributed by atoms with Crippen LogP contribution in [0.3, 0.4) is 0 Å². The van der Waals surface area contributed by atoms with E-state index in [4.69, 9.17) is 0 Å². The number of benzene rings is 1. The van der Waals surface area contributed by atoms with Gasteiger partial charge >= 0.3 is 0 Å². The number of H-pyrrole nitrogens is 1. The van der Waals surface area contributed by atoms with E-state index < -0.39 is 0 Å². The average Bonchev–Trinajstić information content (AvgIpc) is 2.88. The molecule has 0 unspecified atom stereocenters.